The molecule has 0 aliphatic carbocycles. The van der Waals surface area contributed by atoms with E-state index < -0.39 is 0 Å². The van der Waals surface area contributed by atoms with Crippen molar-refractivity contribution >= 4 is 17.4 Å². The highest BCUT2D eigenvalue weighted by molar-refractivity contribution is 5.76. The highest BCUT2D eigenvalue weighted by Crippen LogP contribution is 2.20. The van der Waals surface area contributed by atoms with E-state index in [0.29, 0.717) is 49.6 Å². The molecule has 0 saturated carbocycles. The van der Waals surface area contributed by atoms with Gasteiger partial charge in [0.25, 0.3) is 5.56 Å². The van der Waals surface area contributed by atoms with Crippen LogP contribution in [0.2, 0.25) is 0 Å². The molecule has 2 N–H and O–H groups in total. The van der Waals surface area contributed by atoms with E-state index in [1.165, 1.54) is 0 Å². The van der Waals surface area contributed by atoms with Gasteiger partial charge in [-0.15, -0.1) is 0 Å². The van der Waals surface area contributed by atoms with Crippen molar-refractivity contribution in [2.45, 2.75) is 19.4 Å². The number of amides is 1. The SMILES string of the molecule is Cc1c(N[C@@H](COCCC(=O)N2CCN(c3ccc(C#N)cn3)CC2)c2ccncc2)cn[nH]c1=O. The molecule has 3 aromatic heterocycles. The second-order valence-corrected chi connectivity index (χ2v) is 8.42. The fraction of sp³-hybridized carbons (Fsp3) is 0.360. The average molecular weight is 489 g/mol. The molecule has 0 unspecified atom stereocenters. The van der Waals surface area contributed by atoms with Gasteiger partial charge in [0.05, 0.1) is 43.1 Å². The zero-order valence-electron chi connectivity index (χ0n) is 20.1. The van der Waals surface area contributed by atoms with Crippen LogP contribution < -0.4 is 15.8 Å². The highest BCUT2D eigenvalue weighted by atomic mass is 16.5. The summed E-state index contributed by atoms with van der Waals surface area (Å²) < 4.78 is 5.88. The summed E-state index contributed by atoms with van der Waals surface area (Å²) in [5.41, 5.74) is 2.38. The highest BCUT2D eigenvalue weighted by Gasteiger charge is 2.22. The van der Waals surface area contributed by atoms with E-state index in [9.17, 15) is 9.59 Å². The Balaban J connectivity index is 1.26. The molecule has 36 heavy (non-hydrogen) atoms. The number of piperazine rings is 1. The van der Waals surface area contributed by atoms with Crippen molar-refractivity contribution in [1.29, 1.82) is 5.26 Å². The molecule has 4 rings (SSSR count). The second kappa shape index (κ2) is 11.9. The molecule has 1 fully saturated rings. The van der Waals surface area contributed by atoms with Crippen LogP contribution in [0, 0.1) is 18.3 Å². The summed E-state index contributed by atoms with van der Waals surface area (Å²) in [7, 11) is 0. The molecule has 0 bridgehead atoms. The van der Waals surface area contributed by atoms with Crippen LogP contribution in [0.3, 0.4) is 0 Å². The van der Waals surface area contributed by atoms with Crippen LogP contribution in [0.25, 0.3) is 0 Å². The van der Waals surface area contributed by atoms with Gasteiger partial charge in [-0.25, -0.2) is 10.1 Å². The molecule has 11 heteroatoms. The van der Waals surface area contributed by atoms with E-state index in [0.717, 1.165) is 11.4 Å². The Labute approximate surface area is 208 Å². The molecule has 4 heterocycles. The lowest BCUT2D eigenvalue weighted by atomic mass is 10.1. The van der Waals surface area contributed by atoms with Gasteiger partial charge in [0, 0.05) is 50.3 Å². The van der Waals surface area contributed by atoms with Crippen LogP contribution in [0.1, 0.15) is 29.2 Å². The number of ether oxygens (including phenoxy) is 1. The van der Waals surface area contributed by atoms with Crippen molar-refractivity contribution in [3.8, 4) is 6.07 Å². The van der Waals surface area contributed by atoms with Gasteiger partial charge < -0.3 is 19.9 Å². The third kappa shape index (κ3) is 6.22. The van der Waals surface area contributed by atoms with Crippen molar-refractivity contribution in [3.63, 3.8) is 0 Å². The molecule has 1 amide bonds. The first kappa shape index (κ1) is 24.8. The minimum absolute atomic E-state index is 0.0468. The summed E-state index contributed by atoms with van der Waals surface area (Å²) >= 11 is 0. The van der Waals surface area contributed by atoms with Crippen LogP contribution in [0.4, 0.5) is 11.5 Å². The van der Waals surface area contributed by atoms with Gasteiger partial charge in [-0.05, 0) is 36.8 Å². The fourth-order valence-electron chi connectivity index (χ4n) is 3.95. The largest absolute Gasteiger partial charge is 0.378 e. The number of rotatable bonds is 9. The summed E-state index contributed by atoms with van der Waals surface area (Å²) in [6.07, 6.45) is 6.81. The number of H-pyrrole nitrogens is 1. The molecule has 0 aromatic carbocycles. The Morgan fingerprint density at radius 2 is 1.97 bits per heavy atom. The first-order chi connectivity index (χ1) is 17.5. The Hall–Kier alpha value is -4.30. The van der Waals surface area contributed by atoms with E-state index in [-0.39, 0.29) is 30.5 Å². The monoisotopic (exact) mass is 488 g/mol. The number of aromatic nitrogens is 4. The molecular weight excluding hydrogens is 460 g/mol. The maximum absolute atomic E-state index is 12.7. The Bertz CT molecular complexity index is 1250. The Kier molecular flexibility index (Phi) is 8.20. The topological polar surface area (TPSA) is 140 Å². The van der Waals surface area contributed by atoms with Crippen molar-refractivity contribution in [1.82, 2.24) is 25.1 Å². The lowest BCUT2D eigenvalue weighted by Gasteiger charge is -2.35. The van der Waals surface area contributed by atoms with Gasteiger partial charge >= 0.3 is 0 Å². The van der Waals surface area contributed by atoms with Crippen molar-refractivity contribution in [2.24, 2.45) is 0 Å². The minimum Gasteiger partial charge on any atom is -0.378 e. The van der Waals surface area contributed by atoms with Crippen LogP contribution >= 0.6 is 0 Å². The number of nitriles is 1. The lowest BCUT2D eigenvalue weighted by molar-refractivity contribution is -0.132. The molecule has 0 radical (unpaired) electrons. The Morgan fingerprint density at radius 3 is 2.67 bits per heavy atom. The van der Waals surface area contributed by atoms with Crippen LogP contribution in [0.5, 0.6) is 0 Å². The summed E-state index contributed by atoms with van der Waals surface area (Å²) in [6.45, 7) is 4.90. The summed E-state index contributed by atoms with van der Waals surface area (Å²) in [4.78, 5) is 37.0. The van der Waals surface area contributed by atoms with Crippen molar-refractivity contribution < 1.29 is 9.53 Å². The molecule has 186 valence electrons. The molecular formula is C25H28N8O3. The van der Waals surface area contributed by atoms with Gasteiger partial charge in [0.1, 0.15) is 11.9 Å². The number of nitrogens with zero attached hydrogens (tertiary/aromatic N) is 6. The normalized spacial score (nSPS) is 14.2. The Morgan fingerprint density at radius 1 is 1.19 bits per heavy atom. The standard InChI is InChI=1S/C25H28N8O3/c1-18-21(16-29-31-25(18)35)30-22(20-4-7-27-8-5-20)17-36-13-6-24(34)33-11-9-32(10-12-33)23-3-2-19(14-26)15-28-23/h2-5,7-8,15-16,22H,6,9-13,17H2,1H3,(H2,30,31,35)/t22-/m0/s1. The van der Waals surface area contributed by atoms with E-state index >= 15 is 0 Å². The minimum atomic E-state index is -0.255. The molecule has 3 aromatic rings. The fourth-order valence-corrected chi connectivity index (χ4v) is 3.95. The number of hydrogen-bond acceptors (Lipinski definition) is 9. The van der Waals surface area contributed by atoms with E-state index in [1.54, 1.807) is 37.8 Å². The van der Waals surface area contributed by atoms with Gasteiger partial charge in [-0.1, -0.05) is 0 Å². The number of anilines is 2. The maximum atomic E-state index is 12.7. The van der Waals surface area contributed by atoms with E-state index in [4.69, 9.17) is 10.00 Å². The van der Waals surface area contributed by atoms with Gasteiger partial charge in [-0.2, -0.15) is 10.4 Å². The summed E-state index contributed by atoms with van der Waals surface area (Å²) in [5.74, 6) is 0.857. The zero-order valence-corrected chi connectivity index (χ0v) is 20.1. The van der Waals surface area contributed by atoms with Crippen LogP contribution in [-0.4, -0.2) is 70.4 Å². The number of pyridine rings is 2. The second-order valence-electron chi connectivity index (χ2n) is 8.42. The molecule has 11 nitrogen and oxygen atoms in total. The third-order valence-corrected chi connectivity index (χ3v) is 6.12. The maximum Gasteiger partial charge on any atom is 0.269 e. The zero-order chi connectivity index (χ0) is 25.3. The molecule has 1 atom stereocenters. The summed E-state index contributed by atoms with van der Waals surface area (Å²) in [6, 6.07) is 9.17. The quantitative estimate of drug-likeness (QED) is 0.430. The first-order valence-corrected chi connectivity index (χ1v) is 11.7. The smallest absolute Gasteiger partial charge is 0.269 e. The van der Waals surface area contributed by atoms with Gasteiger partial charge in [0.2, 0.25) is 5.91 Å². The third-order valence-electron chi connectivity index (χ3n) is 6.12. The predicted molar refractivity (Wildman–Crippen MR) is 133 cm³/mol. The molecule has 1 aliphatic rings. The molecule has 1 aliphatic heterocycles. The average Bonchev–Trinajstić information content (AvgIpc) is 2.93. The number of hydrogen-bond donors (Lipinski definition) is 2. The summed E-state index contributed by atoms with van der Waals surface area (Å²) in [5, 5.41) is 18.5. The van der Waals surface area contributed by atoms with Crippen LogP contribution in [-0.2, 0) is 9.53 Å². The molecule has 1 saturated heterocycles. The number of carbonyl (C=O) groups excluding carboxylic acids is 1. The first-order valence-electron chi connectivity index (χ1n) is 11.7. The number of carbonyl (C=O) groups is 1. The lowest BCUT2D eigenvalue weighted by Crippen LogP contribution is -2.49. The van der Waals surface area contributed by atoms with Crippen molar-refractivity contribution in [2.75, 3.05) is 49.6 Å². The van der Waals surface area contributed by atoms with Gasteiger partial charge in [0.15, 0.2) is 0 Å². The molecule has 0 spiro atoms. The van der Waals surface area contributed by atoms with Crippen LogP contribution in [0.15, 0.2) is 53.8 Å². The van der Waals surface area contributed by atoms with E-state index in [2.05, 4.69) is 36.5 Å². The predicted octanol–water partition coefficient (Wildman–Crippen LogP) is 1.65. The van der Waals surface area contributed by atoms with Crippen molar-refractivity contribution in [3.05, 3.63) is 76.1 Å². The number of aromatic amines is 1. The van der Waals surface area contributed by atoms with Gasteiger partial charge in [-0.3, -0.25) is 14.6 Å². The van der Waals surface area contributed by atoms with E-state index in [1.807, 2.05) is 23.1 Å². The number of nitrogens with one attached hydrogen (secondary N) is 2.